The lowest BCUT2D eigenvalue weighted by molar-refractivity contribution is 0.498. The summed E-state index contributed by atoms with van der Waals surface area (Å²) in [6.07, 6.45) is 3.17. The maximum absolute atomic E-state index is 13.2. The van der Waals surface area contributed by atoms with Crippen LogP contribution in [-0.4, -0.2) is 15.0 Å². The van der Waals surface area contributed by atoms with Gasteiger partial charge in [0.15, 0.2) is 0 Å². The second kappa shape index (κ2) is 5.90. The van der Waals surface area contributed by atoms with Crippen LogP contribution in [0.1, 0.15) is 31.7 Å². The highest BCUT2D eigenvalue weighted by molar-refractivity contribution is 7.89. The van der Waals surface area contributed by atoms with Gasteiger partial charge in [-0.15, -0.1) is 0 Å². The van der Waals surface area contributed by atoms with Gasteiger partial charge in [-0.25, -0.2) is 17.5 Å². The summed E-state index contributed by atoms with van der Waals surface area (Å²) in [5, 5.41) is 8.74. The molecule has 20 heavy (non-hydrogen) atoms. The van der Waals surface area contributed by atoms with Crippen molar-refractivity contribution in [2.75, 3.05) is 6.54 Å². The fourth-order valence-electron chi connectivity index (χ4n) is 2.58. The Morgan fingerprint density at radius 1 is 1.45 bits per heavy atom. The van der Waals surface area contributed by atoms with Crippen molar-refractivity contribution >= 4 is 10.0 Å². The molecule has 0 saturated heterocycles. The Hall–Kier alpha value is -1.45. The second-order valence-corrected chi connectivity index (χ2v) is 7.16. The van der Waals surface area contributed by atoms with E-state index in [-0.39, 0.29) is 10.5 Å². The third-order valence-electron chi connectivity index (χ3n) is 3.73. The molecule has 0 radical (unpaired) electrons. The number of benzene rings is 1. The first-order valence-electron chi connectivity index (χ1n) is 6.61. The first-order chi connectivity index (χ1) is 9.42. The summed E-state index contributed by atoms with van der Waals surface area (Å²) < 4.78 is 40.0. The minimum atomic E-state index is -3.68. The third-order valence-corrected chi connectivity index (χ3v) is 5.16. The Bertz CT molecular complexity index is 637. The van der Waals surface area contributed by atoms with E-state index in [0.29, 0.717) is 18.4 Å². The summed E-state index contributed by atoms with van der Waals surface area (Å²) in [6.45, 7) is 2.56. The van der Waals surface area contributed by atoms with E-state index in [1.54, 1.807) is 6.07 Å². The maximum Gasteiger partial charge on any atom is 0.240 e. The van der Waals surface area contributed by atoms with E-state index in [0.717, 1.165) is 31.4 Å². The molecule has 1 aromatic carbocycles. The first kappa shape index (κ1) is 14.9. The zero-order chi connectivity index (χ0) is 14.8. The highest BCUT2D eigenvalue weighted by atomic mass is 32.2. The van der Waals surface area contributed by atoms with Crippen molar-refractivity contribution in [3.05, 3.63) is 29.6 Å². The summed E-state index contributed by atoms with van der Waals surface area (Å²) in [6, 6.07) is 4.89. The number of nitrogens with zero attached hydrogens (tertiary/aromatic N) is 1. The molecule has 4 nitrogen and oxygen atoms in total. The van der Waals surface area contributed by atoms with Gasteiger partial charge >= 0.3 is 0 Å². The van der Waals surface area contributed by atoms with Gasteiger partial charge in [0.2, 0.25) is 10.0 Å². The van der Waals surface area contributed by atoms with Crippen LogP contribution in [0.4, 0.5) is 4.39 Å². The van der Waals surface area contributed by atoms with Crippen LogP contribution in [-0.2, 0) is 10.0 Å². The van der Waals surface area contributed by atoms with E-state index in [4.69, 9.17) is 5.26 Å². The van der Waals surface area contributed by atoms with Crippen LogP contribution in [0.15, 0.2) is 23.1 Å². The molecule has 2 rings (SSSR count). The zero-order valence-electron chi connectivity index (χ0n) is 11.3. The van der Waals surface area contributed by atoms with Crippen LogP contribution < -0.4 is 4.72 Å². The van der Waals surface area contributed by atoms with Crippen LogP contribution in [0, 0.1) is 29.0 Å². The van der Waals surface area contributed by atoms with E-state index >= 15 is 0 Å². The molecule has 1 aliphatic rings. The Kier molecular flexibility index (Phi) is 4.41. The normalized spacial score (nSPS) is 22.6. The molecule has 0 aromatic heterocycles. The second-order valence-electron chi connectivity index (χ2n) is 5.39. The topological polar surface area (TPSA) is 70.0 Å². The number of nitrogens with one attached hydrogen (secondary N) is 1. The SMILES string of the molecule is CC1CCC(CNS(=O)(=O)c2ccc(F)c(C#N)c2)C1. The monoisotopic (exact) mass is 296 g/mol. The van der Waals surface area contributed by atoms with Crippen LogP contribution >= 0.6 is 0 Å². The number of nitriles is 1. The molecule has 0 spiro atoms. The van der Waals surface area contributed by atoms with Crippen LogP contribution in [0.3, 0.4) is 0 Å². The minimum absolute atomic E-state index is 0.0681. The summed E-state index contributed by atoms with van der Waals surface area (Å²) in [4.78, 5) is -0.0681. The van der Waals surface area contributed by atoms with Crippen LogP contribution in [0.25, 0.3) is 0 Å². The number of hydrogen-bond donors (Lipinski definition) is 1. The van der Waals surface area contributed by atoms with Gasteiger partial charge in [0, 0.05) is 6.54 Å². The van der Waals surface area contributed by atoms with Crippen LogP contribution in [0.2, 0.25) is 0 Å². The van der Waals surface area contributed by atoms with Crippen molar-refractivity contribution in [1.82, 2.24) is 4.72 Å². The Morgan fingerprint density at radius 3 is 2.80 bits per heavy atom. The first-order valence-corrected chi connectivity index (χ1v) is 8.10. The minimum Gasteiger partial charge on any atom is -0.211 e. The highest BCUT2D eigenvalue weighted by Crippen LogP contribution is 2.29. The molecule has 6 heteroatoms. The van der Waals surface area contributed by atoms with Crippen molar-refractivity contribution in [2.45, 2.75) is 31.1 Å². The molecule has 1 N–H and O–H groups in total. The molecule has 0 bridgehead atoms. The molecule has 2 atom stereocenters. The van der Waals surface area contributed by atoms with Crippen molar-refractivity contribution < 1.29 is 12.8 Å². The third kappa shape index (κ3) is 3.35. The summed E-state index contributed by atoms with van der Waals surface area (Å²) >= 11 is 0. The van der Waals surface area contributed by atoms with Gasteiger partial charge in [-0.2, -0.15) is 5.26 Å². The Labute approximate surface area is 118 Å². The fourth-order valence-corrected chi connectivity index (χ4v) is 3.72. The van der Waals surface area contributed by atoms with Gasteiger partial charge in [-0.3, -0.25) is 0 Å². The Balaban J connectivity index is 2.09. The van der Waals surface area contributed by atoms with E-state index in [1.165, 1.54) is 6.07 Å². The zero-order valence-corrected chi connectivity index (χ0v) is 12.1. The largest absolute Gasteiger partial charge is 0.240 e. The molecule has 0 heterocycles. The van der Waals surface area contributed by atoms with Gasteiger partial charge < -0.3 is 0 Å². The smallest absolute Gasteiger partial charge is 0.211 e. The molecular weight excluding hydrogens is 279 g/mol. The van der Waals surface area contributed by atoms with Gasteiger partial charge in [0.1, 0.15) is 11.9 Å². The fraction of sp³-hybridized carbons (Fsp3) is 0.500. The van der Waals surface area contributed by atoms with Crippen molar-refractivity contribution in [1.29, 1.82) is 5.26 Å². The number of sulfonamides is 1. The standard InChI is InChI=1S/C14H17FN2O2S/c1-10-2-3-11(6-10)9-17-20(18,19)13-4-5-14(15)12(7-13)8-16/h4-5,7,10-11,17H,2-3,6,9H2,1H3. The number of hydrogen-bond acceptors (Lipinski definition) is 3. The van der Waals surface area contributed by atoms with Gasteiger partial charge in [-0.05, 0) is 42.9 Å². The van der Waals surface area contributed by atoms with E-state index < -0.39 is 15.8 Å². The van der Waals surface area contributed by atoms with E-state index in [9.17, 15) is 12.8 Å². The average molecular weight is 296 g/mol. The highest BCUT2D eigenvalue weighted by Gasteiger charge is 2.24. The maximum atomic E-state index is 13.2. The summed E-state index contributed by atoms with van der Waals surface area (Å²) in [5.41, 5.74) is -0.262. The summed E-state index contributed by atoms with van der Waals surface area (Å²) in [5.74, 6) is 0.284. The molecular formula is C14H17FN2O2S. The molecule has 1 aliphatic carbocycles. The van der Waals surface area contributed by atoms with Gasteiger partial charge in [0.05, 0.1) is 10.5 Å². The van der Waals surface area contributed by atoms with Crippen molar-refractivity contribution in [3.63, 3.8) is 0 Å². The van der Waals surface area contributed by atoms with Crippen molar-refractivity contribution in [3.8, 4) is 6.07 Å². The van der Waals surface area contributed by atoms with Gasteiger partial charge in [-0.1, -0.05) is 13.3 Å². The summed E-state index contributed by atoms with van der Waals surface area (Å²) in [7, 11) is -3.68. The molecule has 1 saturated carbocycles. The Morgan fingerprint density at radius 2 is 2.20 bits per heavy atom. The molecule has 1 fully saturated rings. The lowest BCUT2D eigenvalue weighted by atomic mass is 10.1. The molecule has 108 valence electrons. The number of halogens is 1. The molecule has 2 unspecified atom stereocenters. The molecule has 1 aromatic rings. The van der Waals surface area contributed by atoms with Gasteiger partial charge in [0.25, 0.3) is 0 Å². The van der Waals surface area contributed by atoms with Crippen molar-refractivity contribution in [2.24, 2.45) is 11.8 Å². The van der Waals surface area contributed by atoms with Crippen LogP contribution in [0.5, 0.6) is 0 Å². The lowest BCUT2D eigenvalue weighted by Crippen LogP contribution is -2.28. The lowest BCUT2D eigenvalue weighted by Gasteiger charge is -2.12. The van der Waals surface area contributed by atoms with E-state index in [2.05, 4.69) is 11.6 Å². The average Bonchev–Trinajstić information content (AvgIpc) is 2.83. The molecule has 0 aliphatic heterocycles. The molecule has 0 amide bonds. The predicted molar refractivity (Wildman–Crippen MR) is 72.8 cm³/mol. The quantitative estimate of drug-likeness (QED) is 0.927. The van der Waals surface area contributed by atoms with E-state index in [1.807, 2.05) is 0 Å². The predicted octanol–water partition coefficient (Wildman–Crippen LogP) is 2.41. The number of rotatable bonds is 4.